The molecule has 4 rings (SSSR count). The second-order valence-electron chi connectivity index (χ2n) is 7.49. The number of hydrogen-bond acceptors (Lipinski definition) is 4. The predicted molar refractivity (Wildman–Crippen MR) is 122 cm³/mol. The van der Waals surface area contributed by atoms with E-state index in [9.17, 15) is 4.79 Å². The molecule has 31 heavy (non-hydrogen) atoms. The summed E-state index contributed by atoms with van der Waals surface area (Å²) < 4.78 is 6.95. The summed E-state index contributed by atoms with van der Waals surface area (Å²) in [6.45, 7) is 6.14. The number of aryl methyl sites for hydroxylation is 3. The second kappa shape index (κ2) is 8.44. The molecule has 156 valence electrons. The van der Waals surface area contributed by atoms with Crippen LogP contribution in [0.2, 0.25) is 0 Å². The largest absolute Gasteiger partial charge is 0.497 e. The van der Waals surface area contributed by atoms with Crippen LogP contribution in [-0.2, 0) is 0 Å². The first-order valence-electron chi connectivity index (χ1n) is 10.0. The lowest BCUT2D eigenvalue weighted by Crippen LogP contribution is -2.14. The zero-order valence-corrected chi connectivity index (χ0v) is 18.0. The van der Waals surface area contributed by atoms with E-state index in [0.29, 0.717) is 17.3 Å². The summed E-state index contributed by atoms with van der Waals surface area (Å²) in [5.41, 5.74) is 5.81. The van der Waals surface area contributed by atoms with Crippen LogP contribution >= 0.6 is 0 Å². The number of carbonyl (C=O) groups is 1. The minimum atomic E-state index is -0.385. The van der Waals surface area contributed by atoms with E-state index in [0.717, 1.165) is 22.4 Å². The van der Waals surface area contributed by atoms with Gasteiger partial charge in [0, 0.05) is 17.3 Å². The van der Waals surface area contributed by atoms with Crippen LogP contribution in [0.4, 0.5) is 5.69 Å². The minimum absolute atomic E-state index is 0.0950. The second-order valence-corrected chi connectivity index (χ2v) is 7.49. The van der Waals surface area contributed by atoms with E-state index in [-0.39, 0.29) is 11.7 Å². The molecule has 6 nitrogen and oxygen atoms in total. The maximum Gasteiger partial charge on any atom is 0.295 e. The van der Waals surface area contributed by atoms with Gasteiger partial charge in [-0.2, -0.15) is 0 Å². The van der Waals surface area contributed by atoms with Crippen molar-refractivity contribution in [2.45, 2.75) is 20.8 Å². The Labute approximate surface area is 181 Å². The van der Waals surface area contributed by atoms with E-state index in [4.69, 9.17) is 4.74 Å². The number of methoxy groups -OCH3 is 1. The van der Waals surface area contributed by atoms with Gasteiger partial charge in [0.25, 0.3) is 5.91 Å². The fourth-order valence-electron chi connectivity index (χ4n) is 3.30. The van der Waals surface area contributed by atoms with Crippen molar-refractivity contribution in [3.8, 4) is 22.8 Å². The summed E-state index contributed by atoms with van der Waals surface area (Å²) in [6.07, 6.45) is 0. The Morgan fingerprint density at radius 1 is 0.935 bits per heavy atom. The molecule has 0 fully saturated rings. The monoisotopic (exact) mass is 412 g/mol. The Balaban J connectivity index is 1.77. The van der Waals surface area contributed by atoms with Gasteiger partial charge in [0.1, 0.15) is 5.75 Å². The number of benzene rings is 3. The molecule has 0 aliphatic rings. The van der Waals surface area contributed by atoms with Gasteiger partial charge in [0.15, 0.2) is 5.82 Å². The Morgan fingerprint density at radius 3 is 2.48 bits per heavy atom. The van der Waals surface area contributed by atoms with Gasteiger partial charge in [0.05, 0.1) is 12.8 Å². The molecule has 1 amide bonds. The number of amides is 1. The summed E-state index contributed by atoms with van der Waals surface area (Å²) in [5, 5.41) is 7.41. The van der Waals surface area contributed by atoms with Crippen LogP contribution in [0.3, 0.4) is 0 Å². The molecule has 1 N–H and O–H groups in total. The van der Waals surface area contributed by atoms with Crippen molar-refractivity contribution in [3.63, 3.8) is 0 Å². The lowest BCUT2D eigenvalue weighted by Gasteiger charge is -2.09. The summed E-state index contributed by atoms with van der Waals surface area (Å²) in [4.78, 5) is 17.5. The highest BCUT2D eigenvalue weighted by molar-refractivity contribution is 6.02. The third kappa shape index (κ3) is 4.33. The van der Waals surface area contributed by atoms with E-state index in [1.165, 1.54) is 5.56 Å². The molecule has 0 saturated heterocycles. The molecule has 0 radical (unpaired) electrons. The number of nitrogens with zero attached hydrogens (tertiary/aromatic N) is 3. The number of ether oxygens (including phenoxy) is 1. The van der Waals surface area contributed by atoms with Crippen LogP contribution in [0.25, 0.3) is 17.1 Å². The molecule has 0 unspecified atom stereocenters. The standard InChI is InChI=1S/C25H24N4O2/c1-16-7-5-8-19(13-16)24-27-23(25(30)26-20-9-6-10-22(15-20)31-4)28-29(24)21-12-11-17(2)18(3)14-21/h5-15H,1-4H3,(H,26,30). The van der Waals surface area contributed by atoms with E-state index < -0.39 is 0 Å². The summed E-state index contributed by atoms with van der Waals surface area (Å²) in [5.74, 6) is 0.983. The number of carbonyl (C=O) groups excluding carboxylic acids is 1. The lowest BCUT2D eigenvalue weighted by atomic mass is 10.1. The number of nitrogens with one attached hydrogen (secondary N) is 1. The first-order valence-corrected chi connectivity index (χ1v) is 10.0. The van der Waals surface area contributed by atoms with Crippen molar-refractivity contribution in [2.75, 3.05) is 12.4 Å². The van der Waals surface area contributed by atoms with Crippen LogP contribution in [0.1, 0.15) is 27.3 Å². The minimum Gasteiger partial charge on any atom is -0.497 e. The first-order chi connectivity index (χ1) is 14.9. The van der Waals surface area contributed by atoms with Gasteiger partial charge in [0.2, 0.25) is 5.82 Å². The van der Waals surface area contributed by atoms with Crippen LogP contribution in [0.5, 0.6) is 5.75 Å². The van der Waals surface area contributed by atoms with Crippen molar-refractivity contribution in [1.82, 2.24) is 14.8 Å². The first kappa shape index (κ1) is 20.3. The molecular formula is C25H24N4O2. The quantitative estimate of drug-likeness (QED) is 0.494. The van der Waals surface area contributed by atoms with Gasteiger partial charge in [-0.1, -0.05) is 35.9 Å². The van der Waals surface area contributed by atoms with Crippen molar-refractivity contribution >= 4 is 11.6 Å². The van der Waals surface area contributed by atoms with Gasteiger partial charge in [-0.25, -0.2) is 9.67 Å². The van der Waals surface area contributed by atoms with Crippen molar-refractivity contribution < 1.29 is 9.53 Å². The summed E-state index contributed by atoms with van der Waals surface area (Å²) >= 11 is 0. The number of hydrogen-bond donors (Lipinski definition) is 1. The molecule has 0 aliphatic carbocycles. The zero-order valence-electron chi connectivity index (χ0n) is 18.0. The Hall–Kier alpha value is -3.93. The normalized spacial score (nSPS) is 10.7. The average molecular weight is 412 g/mol. The zero-order chi connectivity index (χ0) is 22.0. The Kier molecular flexibility index (Phi) is 5.54. The van der Waals surface area contributed by atoms with Crippen molar-refractivity contribution in [3.05, 3.63) is 89.2 Å². The molecule has 4 aromatic rings. The fraction of sp³-hybridized carbons (Fsp3) is 0.160. The Morgan fingerprint density at radius 2 is 1.74 bits per heavy atom. The molecule has 0 atom stereocenters. The molecule has 1 aromatic heterocycles. The van der Waals surface area contributed by atoms with Crippen LogP contribution < -0.4 is 10.1 Å². The highest BCUT2D eigenvalue weighted by Crippen LogP contribution is 2.24. The van der Waals surface area contributed by atoms with Crippen molar-refractivity contribution in [2.24, 2.45) is 0 Å². The molecule has 1 heterocycles. The molecular weight excluding hydrogens is 388 g/mol. The average Bonchev–Trinajstić information content (AvgIpc) is 3.21. The van der Waals surface area contributed by atoms with Gasteiger partial charge in [-0.05, 0) is 62.2 Å². The van der Waals surface area contributed by atoms with E-state index in [1.54, 1.807) is 23.9 Å². The number of anilines is 1. The molecule has 3 aromatic carbocycles. The summed E-state index contributed by atoms with van der Waals surface area (Å²) in [7, 11) is 1.59. The fourth-order valence-corrected chi connectivity index (χ4v) is 3.30. The van der Waals surface area contributed by atoms with Gasteiger partial charge in [-0.3, -0.25) is 4.79 Å². The third-order valence-electron chi connectivity index (χ3n) is 5.15. The maximum absolute atomic E-state index is 12.9. The SMILES string of the molecule is COc1cccc(NC(=O)c2nc(-c3cccc(C)c3)n(-c3ccc(C)c(C)c3)n2)c1. The van der Waals surface area contributed by atoms with Gasteiger partial charge < -0.3 is 10.1 Å². The van der Waals surface area contributed by atoms with E-state index >= 15 is 0 Å². The van der Waals surface area contributed by atoms with Gasteiger partial charge >= 0.3 is 0 Å². The topological polar surface area (TPSA) is 69.0 Å². The smallest absolute Gasteiger partial charge is 0.295 e. The third-order valence-corrected chi connectivity index (χ3v) is 5.15. The highest BCUT2D eigenvalue weighted by Gasteiger charge is 2.19. The number of rotatable bonds is 5. The van der Waals surface area contributed by atoms with Crippen LogP contribution in [0, 0.1) is 20.8 Å². The van der Waals surface area contributed by atoms with E-state index in [2.05, 4.69) is 29.2 Å². The molecule has 0 bridgehead atoms. The van der Waals surface area contributed by atoms with Crippen molar-refractivity contribution in [1.29, 1.82) is 0 Å². The Bertz CT molecular complexity index is 1260. The van der Waals surface area contributed by atoms with Crippen LogP contribution in [-0.4, -0.2) is 27.8 Å². The maximum atomic E-state index is 12.9. The lowest BCUT2D eigenvalue weighted by molar-refractivity contribution is 0.101. The molecule has 0 aliphatic heterocycles. The molecule has 0 saturated carbocycles. The van der Waals surface area contributed by atoms with Crippen LogP contribution in [0.15, 0.2) is 66.7 Å². The molecule has 6 heteroatoms. The highest BCUT2D eigenvalue weighted by atomic mass is 16.5. The predicted octanol–water partition coefficient (Wildman–Crippen LogP) is 5.12. The number of aromatic nitrogens is 3. The van der Waals surface area contributed by atoms with E-state index in [1.807, 2.05) is 61.5 Å². The summed E-state index contributed by atoms with van der Waals surface area (Å²) in [6, 6.07) is 21.3. The van der Waals surface area contributed by atoms with Gasteiger partial charge in [-0.15, -0.1) is 5.10 Å². The molecule has 0 spiro atoms.